The van der Waals surface area contributed by atoms with Gasteiger partial charge in [-0.1, -0.05) is 11.8 Å². The van der Waals surface area contributed by atoms with Crippen molar-refractivity contribution in [2.24, 2.45) is 15.7 Å². The predicted octanol–water partition coefficient (Wildman–Crippen LogP) is 0.0763. The van der Waals surface area contributed by atoms with Gasteiger partial charge in [0, 0.05) is 19.7 Å². The monoisotopic (exact) mass is 185 g/mol. The van der Waals surface area contributed by atoms with Crippen LogP contribution in [-0.4, -0.2) is 35.5 Å². The molecule has 0 spiro atoms. The molecule has 5 heteroatoms. The normalized spacial score (nSPS) is 24.0. The van der Waals surface area contributed by atoms with Crippen molar-refractivity contribution in [3.63, 3.8) is 0 Å². The first kappa shape index (κ1) is 9.25. The Morgan fingerprint density at radius 1 is 1.83 bits per heavy atom. The molecule has 0 amide bonds. The number of amidine groups is 1. The van der Waals surface area contributed by atoms with Crippen LogP contribution in [0.5, 0.6) is 0 Å². The van der Waals surface area contributed by atoms with Crippen LogP contribution in [-0.2, 0) is 4.79 Å². The lowest BCUT2D eigenvalue weighted by molar-refractivity contribution is -0.111. The lowest BCUT2D eigenvalue weighted by Gasteiger charge is -2.04. The Hall–Kier alpha value is -0.840. The number of carbonyl (C=O) groups is 1. The molecule has 0 bridgehead atoms. The zero-order valence-electron chi connectivity index (χ0n) is 7.07. The Morgan fingerprint density at radius 3 is 2.83 bits per heavy atom. The van der Waals surface area contributed by atoms with E-state index >= 15 is 0 Å². The van der Waals surface area contributed by atoms with Gasteiger partial charge in [-0.2, -0.15) is 0 Å². The van der Waals surface area contributed by atoms with Crippen LogP contribution in [0.15, 0.2) is 9.98 Å². The fourth-order valence-electron chi connectivity index (χ4n) is 1.07. The second-order valence-electron chi connectivity index (χ2n) is 2.46. The minimum atomic E-state index is -0.127. The van der Waals surface area contributed by atoms with Gasteiger partial charge in [-0.3, -0.25) is 14.8 Å². The molecule has 1 heterocycles. The van der Waals surface area contributed by atoms with Gasteiger partial charge in [0.2, 0.25) is 0 Å². The van der Waals surface area contributed by atoms with Crippen LogP contribution in [0.1, 0.15) is 6.92 Å². The number of thioether (sulfide) groups is 1. The SMILES string of the molecule is CN=C(C(C)=O)C1CSC(N)=N1. The van der Waals surface area contributed by atoms with Gasteiger partial charge in [-0.25, -0.2) is 0 Å². The molecular weight excluding hydrogens is 174 g/mol. The summed E-state index contributed by atoms with van der Waals surface area (Å²) in [6.07, 6.45) is 0. The van der Waals surface area contributed by atoms with Crippen molar-refractivity contribution >= 4 is 28.4 Å². The van der Waals surface area contributed by atoms with Crippen molar-refractivity contribution in [3.8, 4) is 0 Å². The summed E-state index contributed by atoms with van der Waals surface area (Å²) in [6.45, 7) is 1.50. The van der Waals surface area contributed by atoms with E-state index in [2.05, 4.69) is 9.98 Å². The molecule has 0 saturated heterocycles. The fraction of sp³-hybridized carbons (Fsp3) is 0.571. The topological polar surface area (TPSA) is 67.8 Å². The van der Waals surface area contributed by atoms with Gasteiger partial charge < -0.3 is 5.73 Å². The van der Waals surface area contributed by atoms with E-state index in [0.29, 0.717) is 10.9 Å². The first-order valence-electron chi connectivity index (χ1n) is 3.59. The summed E-state index contributed by atoms with van der Waals surface area (Å²) < 4.78 is 0. The fourth-order valence-corrected chi connectivity index (χ4v) is 1.84. The van der Waals surface area contributed by atoms with Crippen LogP contribution in [0.4, 0.5) is 0 Å². The molecule has 1 rings (SSSR count). The zero-order valence-corrected chi connectivity index (χ0v) is 7.89. The average molecular weight is 185 g/mol. The molecular formula is C7H11N3OS. The Balaban J connectivity index is 2.76. The molecule has 0 saturated carbocycles. The highest BCUT2D eigenvalue weighted by atomic mass is 32.2. The van der Waals surface area contributed by atoms with Crippen molar-refractivity contribution in [3.05, 3.63) is 0 Å². The van der Waals surface area contributed by atoms with Crippen molar-refractivity contribution in [2.45, 2.75) is 13.0 Å². The number of hydrogen-bond donors (Lipinski definition) is 1. The Bertz CT molecular complexity index is 259. The van der Waals surface area contributed by atoms with Crippen LogP contribution in [0, 0.1) is 0 Å². The van der Waals surface area contributed by atoms with E-state index in [-0.39, 0.29) is 11.8 Å². The number of hydrogen-bond acceptors (Lipinski definition) is 5. The maximum absolute atomic E-state index is 11.0. The van der Waals surface area contributed by atoms with Crippen LogP contribution < -0.4 is 5.73 Å². The third kappa shape index (κ3) is 1.85. The quantitative estimate of drug-likeness (QED) is 0.619. The molecule has 0 aliphatic carbocycles. The number of ketones is 1. The maximum Gasteiger partial charge on any atom is 0.175 e. The minimum absolute atomic E-state index is 0.0263. The zero-order chi connectivity index (χ0) is 9.14. The van der Waals surface area contributed by atoms with Gasteiger partial charge in [-0.15, -0.1) is 0 Å². The van der Waals surface area contributed by atoms with Crippen LogP contribution in [0.25, 0.3) is 0 Å². The van der Waals surface area contributed by atoms with Gasteiger partial charge in [0.25, 0.3) is 0 Å². The molecule has 0 aromatic rings. The van der Waals surface area contributed by atoms with Gasteiger partial charge in [0.15, 0.2) is 11.0 Å². The predicted molar refractivity (Wildman–Crippen MR) is 51.9 cm³/mol. The molecule has 2 N–H and O–H groups in total. The van der Waals surface area contributed by atoms with Crippen molar-refractivity contribution in [1.29, 1.82) is 0 Å². The van der Waals surface area contributed by atoms with E-state index in [1.807, 2.05) is 0 Å². The smallest absolute Gasteiger partial charge is 0.175 e. The molecule has 0 aromatic heterocycles. The summed E-state index contributed by atoms with van der Waals surface area (Å²) in [5.74, 6) is 0.708. The van der Waals surface area contributed by atoms with Crippen LogP contribution in [0.2, 0.25) is 0 Å². The summed E-state index contributed by atoms with van der Waals surface area (Å²) in [7, 11) is 1.60. The van der Waals surface area contributed by atoms with E-state index in [1.165, 1.54) is 18.7 Å². The molecule has 4 nitrogen and oxygen atoms in total. The lowest BCUT2D eigenvalue weighted by atomic mass is 10.1. The highest BCUT2D eigenvalue weighted by Gasteiger charge is 2.23. The van der Waals surface area contributed by atoms with E-state index in [9.17, 15) is 4.79 Å². The average Bonchev–Trinajstić information content (AvgIpc) is 2.37. The second-order valence-corrected chi connectivity index (χ2v) is 3.50. The number of Topliss-reactive ketones (excluding diaryl/α,β-unsaturated/α-hetero) is 1. The molecule has 12 heavy (non-hydrogen) atoms. The Labute approximate surface area is 75.3 Å². The molecule has 1 atom stereocenters. The van der Waals surface area contributed by atoms with Crippen LogP contribution in [0.3, 0.4) is 0 Å². The highest BCUT2D eigenvalue weighted by Crippen LogP contribution is 2.16. The molecule has 1 aliphatic rings. The van der Waals surface area contributed by atoms with Gasteiger partial charge >= 0.3 is 0 Å². The van der Waals surface area contributed by atoms with E-state index in [4.69, 9.17) is 5.73 Å². The standard InChI is InChI=1S/C7H11N3OS/c1-4(11)6(9-2)5-3-12-7(8)10-5/h5H,3H2,1-2H3,(H2,8,10). The van der Waals surface area contributed by atoms with Crippen molar-refractivity contribution < 1.29 is 4.79 Å². The number of carbonyl (C=O) groups excluding carboxylic acids is 1. The van der Waals surface area contributed by atoms with Crippen LogP contribution >= 0.6 is 11.8 Å². The van der Waals surface area contributed by atoms with Crippen molar-refractivity contribution in [1.82, 2.24) is 0 Å². The molecule has 1 aliphatic heterocycles. The number of rotatable bonds is 2. The second kappa shape index (κ2) is 3.71. The first-order valence-corrected chi connectivity index (χ1v) is 4.57. The van der Waals surface area contributed by atoms with E-state index in [0.717, 1.165) is 5.75 Å². The molecule has 66 valence electrons. The molecule has 0 fully saturated rings. The van der Waals surface area contributed by atoms with Gasteiger partial charge in [0.05, 0.1) is 0 Å². The van der Waals surface area contributed by atoms with E-state index < -0.39 is 0 Å². The third-order valence-corrected chi connectivity index (χ3v) is 2.47. The van der Waals surface area contributed by atoms with E-state index in [1.54, 1.807) is 7.05 Å². The maximum atomic E-state index is 11.0. The summed E-state index contributed by atoms with van der Waals surface area (Å²) >= 11 is 1.46. The Morgan fingerprint density at radius 2 is 2.50 bits per heavy atom. The highest BCUT2D eigenvalue weighted by molar-refractivity contribution is 8.14. The number of aliphatic imine (C=N–C) groups is 2. The largest absolute Gasteiger partial charge is 0.379 e. The Kier molecular flexibility index (Phi) is 2.86. The number of nitrogens with zero attached hydrogens (tertiary/aromatic N) is 2. The van der Waals surface area contributed by atoms with Crippen molar-refractivity contribution in [2.75, 3.05) is 12.8 Å². The number of nitrogens with two attached hydrogens (primary N) is 1. The molecule has 0 radical (unpaired) electrons. The summed E-state index contributed by atoms with van der Waals surface area (Å²) in [4.78, 5) is 19.0. The summed E-state index contributed by atoms with van der Waals surface area (Å²) in [6, 6.07) is -0.127. The van der Waals surface area contributed by atoms with Gasteiger partial charge in [-0.05, 0) is 0 Å². The minimum Gasteiger partial charge on any atom is -0.379 e. The summed E-state index contributed by atoms with van der Waals surface area (Å²) in [5, 5.41) is 0.544. The summed E-state index contributed by atoms with van der Waals surface area (Å²) in [5.41, 5.74) is 5.98. The third-order valence-electron chi connectivity index (χ3n) is 1.59. The molecule has 0 aromatic carbocycles. The van der Waals surface area contributed by atoms with Gasteiger partial charge in [0.1, 0.15) is 11.8 Å². The lowest BCUT2D eigenvalue weighted by Crippen LogP contribution is -2.25. The first-order chi connectivity index (χ1) is 5.65. The molecule has 1 unspecified atom stereocenters.